The van der Waals surface area contributed by atoms with Crippen LogP contribution in [0, 0.1) is 0 Å². The summed E-state index contributed by atoms with van der Waals surface area (Å²) in [6, 6.07) is 8.02. The van der Waals surface area contributed by atoms with E-state index in [1.807, 2.05) is 29.2 Å². The van der Waals surface area contributed by atoms with Gasteiger partial charge in [-0.1, -0.05) is 25.1 Å². The second-order valence-corrected chi connectivity index (χ2v) is 5.59. The molecular formula is C16H24N2O2. The summed E-state index contributed by atoms with van der Waals surface area (Å²) in [5.41, 5.74) is 7.02. The smallest absolute Gasteiger partial charge is 0.223 e. The highest BCUT2D eigenvalue weighted by Gasteiger charge is 2.23. The summed E-state index contributed by atoms with van der Waals surface area (Å²) in [4.78, 5) is 14.3. The van der Waals surface area contributed by atoms with Crippen molar-refractivity contribution in [3.05, 3.63) is 29.8 Å². The van der Waals surface area contributed by atoms with E-state index in [1.54, 1.807) is 7.11 Å². The second-order valence-electron chi connectivity index (χ2n) is 5.59. The van der Waals surface area contributed by atoms with E-state index < -0.39 is 0 Å². The van der Waals surface area contributed by atoms with Crippen LogP contribution in [-0.4, -0.2) is 37.0 Å². The largest absolute Gasteiger partial charge is 0.496 e. The van der Waals surface area contributed by atoms with Gasteiger partial charge in [-0.25, -0.2) is 0 Å². The van der Waals surface area contributed by atoms with E-state index in [1.165, 1.54) is 0 Å². The highest BCUT2D eigenvalue weighted by molar-refractivity contribution is 5.77. The molecule has 110 valence electrons. The maximum Gasteiger partial charge on any atom is 0.223 e. The topological polar surface area (TPSA) is 55.6 Å². The minimum Gasteiger partial charge on any atom is -0.496 e. The molecule has 1 aliphatic rings. The van der Waals surface area contributed by atoms with Gasteiger partial charge in [0, 0.05) is 25.6 Å². The quantitative estimate of drug-likeness (QED) is 0.916. The molecule has 4 heteroatoms. The van der Waals surface area contributed by atoms with Crippen LogP contribution in [0.5, 0.6) is 5.75 Å². The molecule has 0 spiro atoms. The first-order valence-electron chi connectivity index (χ1n) is 7.28. The van der Waals surface area contributed by atoms with Gasteiger partial charge in [-0.05, 0) is 30.4 Å². The molecule has 2 rings (SSSR count). The summed E-state index contributed by atoms with van der Waals surface area (Å²) in [6.07, 6.45) is 2.54. The van der Waals surface area contributed by atoms with Crippen LogP contribution < -0.4 is 10.5 Å². The normalized spacial score (nSPS) is 20.6. The van der Waals surface area contributed by atoms with E-state index in [9.17, 15) is 4.79 Å². The van der Waals surface area contributed by atoms with Crippen molar-refractivity contribution in [3.63, 3.8) is 0 Å². The molecule has 2 unspecified atom stereocenters. The number of ether oxygens (including phenoxy) is 1. The molecule has 2 N–H and O–H groups in total. The third kappa shape index (κ3) is 3.51. The monoisotopic (exact) mass is 276 g/mol. The highest BCUT2D eigenvalue weighted by Crippen LogP contribution is 2.29. The number of benzene rings is 1. The Kier molecular flexibility index (Phi) is 5.01. The van der Waals surface area contributed by atoms with E-state index in [0.717, 1.165) is 30.7 Å². The van der Waals surface area contributed by atoms with Crippen LogP contribution in [0.4, 0.5) is 0 Å². The Morgan fingerprint density at radius 2 is 2.25 bits per heavy atom. The Morgan fingerprint density at radius 1 is 1.50 bits per heavy atom. The number of rotatable bonds is 4. The Bertz CT molecular complexity index is 462. The molecule has 0 saturated carbocycles. The summed E-state index contributed by atoms with van der Waals surface area (Å²) >= 11 is 0. The Labute approximate surface area is 120 Å². The molecule has 0 bridgehead atoms. The van der Waals surface area contributed by atoms with Gasteiger partial charge in [-0.3, -0.25) is 4.79 Å². The fourth-order valence-electron chi connectivity index (χ4n) is 2.81. The van der Waals surface area contributed by atoms with Gasteiger partial charge < -0.3 is 15.4 Å². The van der Waals surface area contributed by atoms with E-state index in [2.05, 4.69) is 6.92 Å². The van der Waals surface area contributed by atoms with Crippen molar-refractivity contribution < 1.29 is 9.53 Å². The van der Waals surface area contributed by atoms with E-state index in [-0.39, 0.29) is 17.9 Å². The molecule has 2 atom stereocenters. The maximum atomic E-state index is 12.4. The predicted octanol–water partition coefficient (Wildman–Crippen LogP) is 2.14. The zero-order valence-corrected chi connectivity index (χ0v) is 12.3. The molecular weight excluding hydrogens is 252 g/mol. The van der Waals surface area contributed by atoms with Gasteiger partial charge in [0.1, 0.15) is 5.75 Å². The molecule has 0 radical (unpaired) electrons. The van der Waals surface area contributed by atoms with Gasteiger partial charge in [0.15, 0.2) is 0 Å². The molecule has 1 saturated heterocycles. The lowest BCUT2D eigenvalue weighted by Crippen LogP contribution is -2.45. The third-order valence-corrected chi connectivity index (χ3v) is 3.96. The second kappa shape index (κ2) is 6.75. The average molecular weight is 276 g/mol. The van der Waals surface area contributed by atoms with Crippen molar-refractivity contribution in [1.82, 2.24) is 4.90 Å². The van der Waals surface area contributed by atoms with Crippen LogP contribution in [0.25, 0.3) is 0 Å². The van der Waals surface area contributed by atoms with Crippen molar-refractivity contribution in [3.8, 4) is 5.75 Å². The van der Waals surface area contributed by atoms with E-state index in [0.29, 0.717) is 13.0 Å². The summed E-state index contributed by atoms with van der Waals surface area (Å²) in [5.74, 6) is 1.19. The number of methoxy groups -OCH3 is 1. The van der Waals surface area contributed by atoms with Crippen LogP contribution in [0.2, 0.25) is 0 Å². The van der Waals surface area contributed by atoms with Gasteiger partial charge >= 0.3 is 0 Å². The van der Waals surface area contributed by atoms with Crippen LogP contribution >= 0.6 is 0 Å². The molecule has 0 aliphatic carbocycles. The number of hydrogen-bond donors (Lipinski definition) is 1. The molecule has 1 aromatic rings. The molecule has 1 aromatic carbocycles. The third-order valence-electron chi connectivity index (χ3n) is 3.96. The number of carbonyl (C=O) groups is 1. The molecule has 20 heavy (non-hydrogen) atoms. The molecule has 0 aromatic heterocycles. The summed E-state index contributed by atoms with van der Waals surface area (Å²) in [7, 11) is 1.66. The zero-order chi connectivity index (χ0) is 14.5. The van der Waals surface area contributed by atoms with Crippen molar-refractivity contribution in [2.75, 3.05) is 20.2 Å². The van der Waals surface area contributed by atoms with Crippen molar-refractivity contribution >= 4 is 5.91 Å². The minimum atomic E-state index is 0.134. The SMILES string of the molecule is COc1ccccc1C(C)CC(=O)N1CCCC(N)C1. The minimum absolute atomic E-state index is 0.134. The number of amides is 1. The molecule has 4 nitrogen and oxygen atoms in total. The van der Waals surface area contributed by atoms with E-state index >= 15 is 0 Å². The van der Waals surface area contributed by atoms with Crippen molar-refractivity contribution in [1.29, 1.82) is 0 Å². The molecule has 1 heterocycles. The van der Waals surface area contributed by atoms with Gasteiger partial charge in [0.05, 0.1) is 7.11 Å². The lowest BCUT2D eigenvalue weighted by atomic mass is 9.95. The number of likely N-dealkylation sites (tertiary alicyclic amines) is 1. The number of carbonyl (C=O) groups excluding carboxylic acids is 1. The number of para-hydroxylation sites is 1. The van der Waals surface area contributed by atoms with Gasteiger partial charge in [-0.2, -0.15) is 0 Å². The standard InChI is InChI=1S/C16H24N2O2/c1-12(14-7-3-4-8-15(14)20-2)10-16(19)18-9-5-6-13(17)11-18/h3-4,7-8,12-13H,5-6,9-11,17H2,1-2H3. The van der Waals surface area contributed by atoms with Gasteiger partial charge in [-0.15, -0.1) is 0 Å². The van der Waals surface area contributed by atoms with Gasteiger partial charge in [0.2, 0.25) is 5.91 Å². The lowest BCUT2D eigenvalue weighted by Gasteiger charge is -2.31. The molecule has 1 aliphatic heterocycles. The first kappa shape index (κ1) is 14.9. The number of hydrogen-bond acceptors (Lipinski definition) is 3. The van der Waals surface area contributed by atoms with Crippen molar-refractivity contribution in [2.45, 2.75) is 38.1 Å². The highest BCUT2D eigenvalue weighted by atomic mass is 16.5. The van der Waals surface area contributed by atoms with Crippen LogP contribution in [-0.2, 0) is 4.79 Å². The van der Waals surface area contributed by atoms with Gasteiger partial charge in [0.25, 0.3) is 0 Å². The van der Waals surface area contributed by atoms with Crippen LogP contribution in [0.15, 0.2) is 24.3 Å². The molecule has 1 amide bonds. The fourth-order valence-corrected chi connectivity index (χ4v) is 2.81. The summed E-state index contributed by atoms with van der Waals surface area (Å²) in [5, 5.41) is 0. The summed E-state index contributed by atoms with van der Waals surface area (Å²) in [6.45, 7) is 3.60. The fraction of sp³-hybridized carbons (Fsp3) is 0.562. The first-order valence-corrected chi connectivity index (χ1v) is 7.28. The van der Waals surface area contributed by atoms with E-state index in [4.69, 9.17) is 10.5 Å². The Hall–Kier alpha value is -1.55. The van der Waals surface area contributed by atoms with Crippen LogP contribution in [0.1, 0.15) is 37.7 Å². The maximum absolute atomic E-state index is 12.4. The zero-order valence-electron chi connectivity index (χ0n) is 12.3. The average Bonchev–Trinajstić information content (AvgIpc) is 2.47. The Morgan fingerprint density at radius 3 is 2.95 bits per heavy atom. The predicted molar refractivity (Wildman–Crippen MR) is 79.8 cm³/mol. The number of nitrogens with two attached hydrogens (primary N) is 1. The van der Waals surface area contributed by atoms with Crippen molar-refractivity contribution in [2.24, 2.45) is 5.73 Å². The van der Waals surface area contributed by atoms with Crippen LogP contribution in [0.3, 0.4) is 0 Å². The molecule has 1 fully saturated rings. The number of piperidine rings is 1. The first-order chi connectivity index (χ1) is 9.61. The lowest BCUT2D eigenvalue weighted by molar-refractivity contribution is -0.132. The Balaban J connectivity index is 2.00. The summed E-state index contributed by atoms with van der Waals surface area (Å²) < 4.78 is 5.37. The number of nitrogens with zero attached hydrogens (tertiary/aromatic N) is 1.